The van der Waals surface area contributed by atoms with Gasteiger partial charge in [-0.1, -0.05) is 226 Å². The summed E-state index contributed by atoms with van der Waals surface area (Å²) in [6.07, 6.45) is 71.4. The Kier molecular flexibility index (Phi) is 48.3. The van der Waals surface area contributed by atoms with Gasteiger partial charge in [0.05, 0.1) is 25.2 Å². The molecule has 0 aromatic rings. The van der Waals surface area contributed by atoms with Crippen molar-refractivity contribution in [3.05, 3.63) is 122 Å². The minimum atomic E-state index is -0.833. The van der Waals surface area contributed by atoms with Crippen LogP contribution in [0.25, 0.3) is 0 Å². The van der Waals surface area contributed by atoms with E-state index in [1.165, 1.54) is 64.2 Å². The molecule has 0 bridgehead atoms. The van der Waals surface area contributed by atoms with Crippen LogP contribution in [0.5, 0.6) is 0 Å². The first-order chi connectivity index (χ1) is 32.0. The second-order valence-electron chi connectivity index (χ2n) is 17.2. The van der Waals surface area contributed by atoms with E-state index in [2.05, 4.69) is 135 Å². The molecular weight excluding hydrogens is 803 g/mol. The summed E-state index contributed by atoms with van der Waals surface area (Å²) in [5, 5.41) is 23.7. The molecule has 3 N–H and O–H groups in total. The number of aliphatic hydroxyl groups excluding tert-OH is 2. The number of carbonyl (C=O) groups excluding carboxylic acids is 2. The Morgan fingerprint density at radius 1 is 0.477 bits per heavy atom. The molecule has 6 nitrogen and oxygen atoms in total. The van der Waals surface area contributed by atoms with Crippen LogP contribution in [0.3, 0.4) is 0 Å². The molecule has 0 aliphatic carbocycles. The average molecular weight is 900 g/mol. The lowest BCUT2D eigenvalue weighted by Gasteiger charge is -2.23. The highest BCUT2D eigenvalue weighted by Crippen LogP contribution is 2.15. The molecule has 3 atom stereocenters. The lowest BCUT2D eigenvalue weighted by atomic mass is 10.0. The summed E-state index contributed by atoms with van der Waals surface area (Å²) < 4.78 is 5.81. The van der Waals surface area contributed by atoms with Crippen molar-refractivity contribution in [1.29, 1.82) is 0 Å². The van der Waals surface area contributed by atoms with Crippen molar-refractivity contribution in [3.63, 3.8) is 0 Å². The summed E-state index contributed by atoms with van der Waals surface area (Å²) in [5.41, 5.74) is 0. The van der Waals surface area contributed by atoms with Gasteiger partial charge < -0.3 is 20.3 Å². The number of unbranched alkanes of at least 4 members (excludes halogenated alkanes) is 15. The number of hydrogen-bond donors (Lipinski definition) is 3. The third kappa shape index (κ3) is 46.6. The van der Waals surface area contributed by atoms with Gasteiger partial charge in [0.25, 0.3) is 0 Å². The Morgan fingerprint density at radius 3 is 1.29 bits per heavy atom. The molecule has 3 unspecified atom stereocenters. The molecule has 0 saturated carbocycles. The van der Waals surface area contributed by atoms with Crippen molar-refractivity contribution >= 4 is 11.9 Å². The Morgan fingerprint density at radius 2 is 0.862 bits per heavy atom. The van der Waals surface area contributed by atoms with Gasteiger partial charge >= 0.3 is 5.97 Å². The standard InChI is InChI=1S/C59H97NO5/c1-4-7-10-13-16-19-22-25-27-29-30-33-35-38-41-44-47-50-55(65-59(64)52-49-46-43-40-37-34-31-28-26-23-20-17-14-11-8-5-2)53-58(63)60-56(54-61)57(62)51-48-45-42-39-36-32-24-21-18-15-12-9-6-3/h7-8,10-11,16-17,19-20,25-28,30,33-34,37-38,41,47,50,55-57,61-62H,4-6,9,12-15,18,21-24,29,31-32,35-36,39-40,42-46,48-49,51-54H2,1-3H3,(H,60,63)/b10-7-,11-8+,19-16-,20-17+,27-25-,28-26+,33-30-,37-34+,41-38-,50-47-. The third-order valence-corrected chi connectivity index (χ3v) is 11.0. The molecule has 368 valence electrons. The summed E-state index contributed by atoms with van der Waals surface area (Å²) in [5.74, 6) is -0.677. The van der Waals surface area contributed by atoms with Crippen molar-refractivity contribution in [1.82, 2.24) is 5.32 Å². The Labute approximate surface area is 400 Å². The minimum Gasteiger partial charge on any atom is -0.458 e. The molecule has 1 amide bonds. The SMILES string of the molecule is CC/C=C\C/C=C\C/C=C\C/C=C\C/C=C\C/C=C\C(CC(=O)NC(CO)C(O)CCCCCCCCCCCCCCC)OC(=O)CCCCC/C=C/C/C=C/C/C=C/C/C=C/CC. The summed E-state index contributed by atoms with van der Waals surface area (Å²) in [4.78, 5) is 26.1. The molecule has 0 radical (unpaired) electrons. The molecule has 0 fully saturated rings. The molecule has 6 heteroatoms. The van der Waals surface area contributed by atoms with Crippen LogP contribution in [0.4, 0.5) is 0 Å². The van der Waals surface area contributed by atoms with Gasteiger partial charge in [-0.25, -0.2) is 0 Å². The van der Waals surface area contributed by atoms with Gasteiger partial charge in [0.15, 0.2) is 0 Å². The van der Waals surface area contributed by atoms with Gasteiger partial charge in [0.1, 0.15) is 6.10 Å². The second kappa shape index (κ2) is 51.2. The highest BCUT2D eigenvalue weighted by atomic mass is 16.5. The lowest BCUT2D eigenvalue weighted by molar-refractivity contribution is -0.148. The number of rotatable bonds is 45. The van der Waals surface area contributed by atoms with Crippen molar-refractivity contribution in [2.45, 2.75) is 232 Å². The van der Waals surface area contributed by atoms with E-state index in [1.54, 1.807) is 6.08 Å². The summed E-state index contributed by atoms with van der Waals surface area (Å²) >= 11 is 0. The van der Waals surface area contributed by atoms with Gasteiger partial charge in [-0.15, -0.1) is 0 Å². The van der Waals surface area contributed by atoms with E-state index in [4.69, 9.17) is 4.74 Å². The molecule has 65 heavy (non-hydrogen) atoms. The number of esters is 1. The van der Waals surface area contributed by atoms with Gasteiger partial charge in [0.2, 0.25) is 5.91 Å². The van der Waals surface area contributed by atoms with Gasteiger partial charge in [-0.3, -0.25) is 9.59 Å². The second-order valence-corrected chi connectivity index (χ2v) is 17.2. The van der Waals surface area contributed by atoms with E-state index in [0.29, 0.717) is 19.3 Å². The van der Waals surface area contributed by atoms with Crippen LogP contribution in [0.1, 0.15) is 213 Å². The number of ether oxygens (including phenoxy) is 1. The zero-order chi connectivity index (χ0) is 47.4. The third-order valence-electron chi connectivity index (χ3n) is 11.0. The number of carbonyl (C=O) groups is 2. The minimum absolute atomic E-state index is 0.0678. The van der Waals surface area contributed by atoms with Gasteiger partial charge in [-0.05, 0) is 96.0 Å². The first-order valence-corrected chi connectivity index (χ1v) is 26.3. The molecular formula is C59H97NO5. The highest BCUT2D eigenvalue weighted by Gasteiger charge is 2.23. The maximum atomic E-state index is 13.2. The largest absolute Gasteiger partial charge is 0.458 e. The Hall–Kier alpha value is -3.74. The topological polar surface area (TPSA) is 95.9 Å². The first-order valence-electron chi connectivity index (χ1n) is 26.3. The van der Waals surface area contributed by atoms with Crippen LogP contribution in [0.15, 0.2) is 122 Å². The molecule has 0 spiro atoms. The fraction of sp³-hybridized carbons (Fsp3) is 0.627. The van der Waals surface area contributed by atoms with E-state index in [9.17, 15) is 19.8 Å². The molecule has 0 rings (SSSR count). The van der Waals surface area contributed by atoms with Gasteiger partial charge in [-0.2, -0.15) is 0 Å². The smallest absolute Gasteiger partial charge is 0.306 e. The molecule has 0 heterocycles. The highest BCUT2D eigenvalue weighted by molar-refractivity contribution is 5.78. The monoisotopic (exact) mass is 900 g/mol. The maximum absolute atomic E-state index is 13.2. The fourth-order valence-electron chi connectivity index (χ4n) is 7.12. The average Bonchev–Trinajstić information content (AvgIpc) is 3.30. The summed E-state index contributed by atoms with van der Waals surface area (Å²) in [6.45, 7) is 6.20. The molecule has 0 aliphatic heterocycles. The van der Waals surface area contributed by atoms with Crippen molar-refractivity contribution in [3.8, 4) is 0 Å². The van der Waals surface area contributed by atoms with E-state index >= 15 is 0 Å². The quantitative estimate of drug-likeness (QED) is 0.0321. The van der Waals surface area contributed by atoms with E-state index < -0.39 is 18.2 Å². The fourth-order valence-corrected chi connectivity index (χ4v) is 7.12. The zero-order valence-corrected chi connectivity index (χ0v) is 41.8. The number of allylic oxidation sites excluding steroid dienone is 19. The van der Waals surface area contributed by atoms with Crippen LogP contribution >= 0.6 is 0 Å². The van der Waals surface area contributed by atoms with Crippen molar-refractivity contribution in [2.75, 3.05) is 6.61 Å². The van der Waals surface area contributed by atoms with Crippen LogP contribution in [-0.4, -0.2) is 46.9 Å². The van der Waals surface area contributed by atoms with Crippen LogP contribution in [-0.2, 0) is 14.3 Å². The number of hydrogen-bond acceptors (Lipinski definition) is 5. The Bertz CT molecular complexity index is 1380. The predicted molar refractivity (Wildman–Crippen MR) is 282 cm³/mol. The van der Waals surface area contributed by atoms with Crippen LogP contribution < -0.4 is 5.32 Å². The molecule has 0 aromatic heterocycles. The molecule has 0 aliphatic rings. The van der Waals surface area contributed by atoms with Crippen LogP contribution in [0, 0.1) is 0 Å². The number of aliphatic hydroxyl groups is 2. The van der Waals surface area contributed by atoms with Crippen molar-refractivity contribution in [2.24, 2.45) is 0 Å². The van der Waals surface area contributed by atoms with E-state index in [0.717, 1.165) is 103 Å². The maximum Gasteiger partial charge on any atom is 0.306 e. The number of nitrogens with one attached hydrogen (secondary N) is 1. The Balaban J connectivity index is 4.85. The lowest BCUT2D eigenvalue weighted by Crippen LogP contribution is -2.46. The predicted octanol–water partition coefficient (Wildman–Crippen LogP) is 16.1. The van der Waals surface area contributed by atoms with Crippen LogP contribution in [0.2, 0.25) is 0 Å². The molecule has 0 aromatic carbocycles. The van der Waals surface area contributed by atoms with Crippen molar-refractivity contribution < 1.29 is 24.5 Å². The van der Waals surface area contributed by atoms with E-state index in [1.807, 2.05) is 6.08 Å². The van der Waals surface area contributed by atoms with E-state index in [-0.39, 0.29) is 24.9 Å². The summed E-state index contributed by atoms with van der Waals surface area (Å²) in [7, 11) is 0. The normalized spacial score (nSPS) is 14.2. The number of amides is 1. The molecule has 0 saturated heterocycles. The summed E-state index contributed by atoms with van der Waals surface area (Å²) in [6, 6.07) is -0.758. The first kappa shape index (κ1) is 61.3. The van der Waals surface area contributed by atoms with Gasteiger partial charge in [0, 0.05) is 6.42 Å². The zero-order valence-electron chi connectivity index (χ0n) is 41.8.